The molecule has 6 fully saturated rings. The van der Waals surface area contributed by atoms with Crippen LogP contribution >= 0.6 is 0 Å². The van der Waals surface area contributed by atoms with Crippen molar-refractivity contribution in [2.45, 2.75) is 156 Å². The van der Waals surface area contributed by atoms with Gasteiger partial charge in [-0.05, 0) is 149 Å². The minimum absolute atomic E-state index is 0.00527. The van der Waals surface area contributed by atoms with E-state index in [4.69, 9.17) is 13.9 Å². The predicted octanol–water partition coefficient (Wildman–Crippen LogP) is 9.73. The number of ketones is 3. The molecule has 8 nitrogen and oxygen atoms in total. The summed E-state index contributed by atoms with van der Waals surface area (Å²) in [5, 5.41) is 11.4. The van der Waals surface area contributed by atoms with Crippen molar-refractivity contribution < 1.29 is 38.2 Å². The van der Waals surface area contributed by atoms with Crippen LogP contribution in [0.4, 0.5) is 0 Å². The Morgan fingerprint density at radius 3 is 2.41 bits per heavy atom. The van der Waals surface area contributed by atoms with Gasteiger partial charge in [0.05, 0.1) is 29.5 Å². The Morgan fingerprint density at radius 1 is 0.929 bits per heavy atom. The summed E-state index contributed by atoms with van der Waals surface area (Å²) in [5.74, 6) is 2.10. The molecule has 1 saturated heterocycles. The fraction of sp³-hybridized carbons (Fsp3) is 0.708. The molecule has 0 bridgehead atoms. The average Bonchev–Trinajstić information content (AvgIpc) is 3.39. The van der Waals surface area contributed by atoms with E-state index < -0.39 is 21.8 Å². The third-order valence-corrected chi connectivity index (χ3v) is 18.6. The van der Waals surface area contributed by atoms with Crippen molar-refractivity contribution in [2.24, 2.45) is 56.2 Å². The highest BCUT2D eigenvalue weighted by molar-refractivity contribution is 6.06. The number of epoxide rings is 1. The fourth-order valence-electron chi connectivity index (χ4n) is 15.7. The minimum atomic E-state index is -0.901. The summed E-state index contributed by atoms with van der Waals surface area (Å²) in [6.07, 6.45) is 21.0. The van der Waals surface area contributed by atoms with Crippen LogP contribution < -0.4 is 0 Å². The summed E-state index contributed by atoms with van der Waals surface area (Å²) in [6, 6.07) is 2.03. The first-order valence-corrected chi connectivity index (χ1v) is 21.7. The largest absolute Gasteiger partial charge is 0.504 e. The van der Waals surface area contributed by atoms with Gasteiger partial charge in [-0.3, -0.25) is 19.2 Å². The molecule has 5 saturated carbocycles. The van der Waals surface area contributed by atoms with E-state index in [-0.39, 0.29) is 63.6 Å². The van der Waals surface area contributed by atoms with Gasteiger partial charge in [0.2, 0.25) is 5.78 Å². The number of furan rings is 1. The number of fused-ring (bicyclic) bond motifs is 8. The number of esters is 1. The van der Waals surface area contributed by atoms with Crippen LogP contribution in [0.5, 0.6) is 0 Å². The molecule has 56 heavy (non-hydrogen) atoms. The molecular weight excluding hydrogens is 705 g/mol. The van der Waals surface area contributed by atoms with Gasteiger partial charge >= 0.3 is 5.97 Å². The molecule has 1 aliphatic heterocycles. The number of hydrogen-bond acceptors (Lipinski definition) is 8. The molecule has 1 N–H and O–H groups in total. The van der Waals surface area contributed by atoms with E-state index in [0.29, 0.717) is 29.6 Å². The highest BCUT2D eigenvalue weighted by Crippen LogP contribution is 2.81. The number of Topliss-reactive ketones (excluding diaryl/α,β-unsaturated/α-hetero) is 1. The van der Waals surface area contributed by atoms with Crippen LogP contribution in [0.1, 0.15) is 144 Å². The maximum absolute atomic E-state index is 14.0. The lowest BCUT2D eigenvalue weighted by molar-refractivity contribution is -0.162. The number of hydrogen-bond donors (Lipinski definition) is 1. The van der Waals surface area contributed by atoms with E-state index in [1.165, 1.54) is 30.4 Å². The smallest absolute Gasteiger partial charge is 0.305 e. The summed E-state index contributed by atoms with van der Waals surface area (Å²) in [6.45, 7) is 16.7. The number of carbonyl (C=O) groups excluding carboxylic acids is 4. The molecule has 1 spiro atoms. The van der Waals surface area contributed by atoms with Crippen molar-refractivity contribution in [1.29, 1.82) is 0 Å². The molecule has 9 aliphatic rings. The second-order valence-corrected chi connectivity index (χ2v) is 21.0. The molecule has 302 valence electrons. The summed E-state index contributed by atoms with van der Waals surface area (Å²) in [4.78, 5) is 50.5. The summed E-state index contributed by atoms with van der Waals surface area (Å²) in [5.41, 5.74) is 0.425. The predicted molar refractivity (Wildman–Crippen MR) is 210 cm³/mol. The van der Waals surface area contributed by atoms with Crippen molar-refractivity contribution in [3.05, 3.63) is 59.3 Å². The Bertz CT molecular complexity index is 1980. The lowest BCUT2D eigenvalue weighted by Crippen LogP contribution is -2.66. The van der Waals surface area contributed by atoms with Crippen LogP contribution in [0.2, 0.25) is 0 Å². The topological polar surface area (TPSA) is 123 Å². The number of rotatable bonds is 3. The Morgan fingerprint density at radius 2 is 1.70 bits per heavy atom. The van der Waals surface area contributed by atoms with E-state index in [2.05, 4.69) is 27.7 Å². The van der Waals surface area contributed by atoms with Crippen LogP contribution in [0, 0.1) is 56.2 Å². The average molecular weight is 767 g/mol. The Hall–Kier alpha value is -3.26. The van der Waals surface area contributed by atoms with Crippen LogP contribution in [0.3, 0.4) is 0 Å². The Balaban J connectivity index is 0.000000150. The highest BCUT2D eigenvalue weighted by atomic mass is 16.6. The molecular formula is C48H62O8. The number of aliphatic hydroxyl groups excluding tert-OH is 1. The van der Waals surface area contributed by atoms with Crippen molar-refractivity contribution in [1.82, 2.24) is 0 Å². The molecule has 0 radical (unpaired) electrons. The zero-order valence-corrected chi connectivity index (χ0v) is 34.8. The molecule has 10 rings (SSSR count). The van der Waals surface area contributed by atoms with Crippen molar-refractivity contribution in [3.63, 3.8) is 0 Å². The molecule has 13 unspecified atom stereocenters. The van der Waals surface area contributed by atoms with Crippen LogP contribution in [-0.4, -0.2) is 46.2 Å². The second kappa shape index (κ2) is 12.1. The molecule has 1 aromatic rings. The van der Waals surface area contributed by atoms with Gasteiger partial charge in [0.25, 0.3) is 0 Å². The van der Waals surface area contributed by atoms with Crippen molar-refractivity contribution in [3.8, 4) is 0 Å². The number of allylic oxidation sites excluding steroid dienone is 5. The molecule has 8 heteroatoms. The monoisotopic (exact) mass is 766 g/mol. The minimum Gasteiger partial charge on any atom is -0.504 e. The third-order valence-electron chi connectivity index (χ3n) is 18.6. The summed E-state index contributed by atoms with van der Waals surface area (Å²) >= 11 is 0. The van der Waals surface area contributed by atoms with E-state index in [1.54, 1.807) is 12.3 Å². The molecule has 0 amide bonds. The second-order valence-electron chi connectivity index (χ2n) is 21.0. The van der Waals surface area contributed by atoms with Gasteiger partial charge < -0.3 is 19.0 Å². The number of aliphatic hydroxyl groups is 1. The van der Waals surface area contributed by atoms with Crippen LogP contribution in [0.15, 0.2) is 58.1 Å². The van der Waals surface area contributed by atoms with Gasteiger partial charge in [-0.2, -0.15) is 0 Å². The molecule has 8 aliphatic carbocycles. The van der Waals surface area contributed by atoms with E-state index >= 15 is 0 Å². The van der Waals surface area contributed by atoms with Gasteiger partial charge in [0, 0.05) is 29.1 Å². The Labute approximate surface area is 332 Å². The number of ether oxygens (including phenoxy) is 2. The first-order valence-electron chi connectivity index (χ1n) is 21.7. The number of carbonyl (C=O) groups is 4. The zero-order valence-electron chi connectivity index (χ0n) is 34.8. The van der Waals surface area contributed by atoms with E-state index in [0.717, 1.165) is 57.3 Å². The first kappa shape index (κ1) is 38.3. The highest BCUT2D eigenvalue weighted by Gasteiger charge is 2.87. The third kappa shape index (κ3) is 4.63. The van der Waals surface area contributed by atoms with E-state index in [1.807, 2.05) is 52.2 Å². The summed E-state index contributed by atoms with van der Waals surface area (Å²) in [7, 11) is 0. The maximum Gasteiger partial charge on any atom is 0.305 e. The molecule has 0 aromatic carbocycles. The quantitative estimate of drug-likeness (QED) is 0.238. The van der Waals surface area contributed by atoms with Gasteiger partial charge in [0.1, 0.15) is 11.7 Å². The van der Waals surface area contributed by atoms with Gasteiger partial charge in [-0.15, -0.1) is 0 Å². The van der Waals surface area contributed by atoms with E-state index in [9.17, 15) is 24.3 Å². The maximum atomic E-state index is 14.0. The summed E-state index contributed by atoms with van der Waals surface area (Å²) < 4.78 is 17.7. The molecule has 1 aromatic heterocycles. The molecule has 13 atom stereocenters. The SMILES string of the molecule is CC1(C)C(=O)C=CC2(C)C1=C(O)C(=O)C1(C)C2CCC2(C)C(c3ccoc3)CC3OC321.CCC(=O)OC1CCC2C3CCC4=CC(=O)CCC4(C)C3CCC12C. The Kier molecular flexibility index (Phi) is 8.30. The van der Waals surface area contributed by atoms with Crippen molar-refractivity contribution >= 4 is 23.3 Å². The van der Waals surface area contributed by atoms with Gasteiger partial charge in [0.15, 0.2) is 17.3 Å². The normalized spacial score (nSPS) is 47.8. The van der Waals surface area contributed by atoms with Gasteiger partial charge in [-0.25, -0.2) is 0 Å². The van der Waals surface area contributed by atoms with Crippen molar-refractivity contribution in [2.75, 3.05) is 0 Å². The molecule has 2 heterocycles. The lowest BCUT2D eigenvalue weighted by atomic mass is 9.39. The first-order chi connectivity index (χ1) is 26.3. The fourth-order valence-corrected chi connectivity index (χ4v) is 15.7. The lowest BCUT2D eigenvalue weighted by Gasteiger charge is -2.62. The van der Waals surface area contributed by atoms with Crippen LogP contribution in [0.25, 0.3) is 0 Å². The zero-order chi connectivity index (χ0) is 40.0. The van der Waals surface area contributed by atoms with Gasteiger partial charge in [-0.1, -0.05) is 46.3 Å². The van der Waals surface area contributed by atoms with Crippen LogP contribution in [-0.2, 0) is 28.7 Å². The standard InChI is InChI=1S/C26H30O5.C22H32O3/c1-22(2)17(27)7-9-23(3)16-6-10-24(4)15(14-8-11-30-13-14)12-18-26(24,31-18)25(16,5)21(29)19(28)20(22)23;1-4-20(24)25-19-8-7-17-16-6-5-14-13-15(23)9-11-21(14,2)18(16)10-12-22(17,19)3/h7-9,11,13,15-16,18,28H,6,10,12H2,1-5H3;13,16-19H,4-12H2,1-3H3.